The van der Waals surface area contributed by atoms with E-state index in [0.29, 0.717) is 15.7 Å². The van der Waals surface area contributed by atoms with Gasteiger partial charge in [-0.25, -0.2) is 4.90 Å². The van der Waals surface area contributed by atoms with Crippen LogP contribution in [-0.4, -0.2) is 34.0 Å². The number of para-hydroxylation sites is 1. The summed E-state index contributed by atoms with van der Waals surface area (Å²) in [6.45, 7) is 0. The molecule has 0 radical (unpaired) electrons. The van der Waals surface area contributed by atoms with Crippen molar-refractivity contribution in [3.63, 3.8) is 0 Å². The van der Waals surface area contributed by atoms with Gasteiger partial charge in [-0.15, -0.1) is 0 Å². The Balaban J connectivity index is 1.81. The molecule has 27 heavy (non-hydrogen) atoms. The highest BCUT2D eigenvalue weighted by molar-refractivity contribution is 9.10. The summed E-state index contributed by atoms with van der Waals surface area (Å²) in [5.41, 5.74) is 0.780. The number of halogens is 1. The first kappa shape index (κ1) is 17.7. The number of phenols is 1. The van der Waals surface area contributed by atoms with Crippen molar-refractivity contribution in [3.05, 3.63) is 58.6 Å². The summed E-state index contributed by atoms with van der Waals surface area (Å²) in [4.78, 5) is 38.9. The number of amides is 2. The molecule has 4 atom stereocenters. The van der Waals surface area contributed by atoms with Gasteiger partial charge < -0.3 is 10.2 Å². The molecule has 0 unspecified atom stereocenters. The second kappa shape index (κ2) is 6.47. The van der Waals surface area contributed by atoms with Crippen molar-refractivity contribution in [1.82, 2.24) is 5.32 Å². The Morgan fingerprint density at radius 1 is 1.04 bits per heavy atom. The Morgan fingerprint density at radius 3 is 2.37 bits per heavy atom. The number of anilines is 1. The van der Waals surface area contributed by atoms with E-state index in [4.69, 9.17) is 0 Å². The Labute approximate surface area is 162 Å². The number of benzene rings is 2. The molecule has 2 aliphatic heterocycles. The van der Waals surface area contributed by atoms with Crippen molar-refractivity contribution in [3.8, 4) is 5.75 Å². The number of rotatable bonds is 3. The molecular weight excluding hydrogens is 416 g/mol. The molecule has 0 aromatic heterocycles. The molecule has 2 amide bonds. The summed E-state index contributed by atoms with van der Waals surface area (Å²) in [6.07, 6.45) is 0. The molecule has 3 N–H and O–H groups in total. The molecule has 0 saturated carbocycles. The third-order valence-electron chi connectivity index (χ3n) is 5.08. The predicted molar refractivity (Wildman–Crippen MR) is 99.0 cm³/mol. The first-order valence-corrected chi connectivity index (χ1v) is 9.09. The molecule has 4 rings (SSSR count). The van der Waals surface area contributed by atoms with Crippen molar-refractivity contribution in [1.29, 1.82) is 0 Å². The minimum Gasteiger partial charge on any atom is -0.508 e. The Kier molecular flexibility index (Phi) is 4.24. The zero-order chi connectivity index (χ0) is 19.3. The van der Waals surface area contributed by atoms with Crippen LogP contribution in [0.5, 0.6) is 5.75 Å². The molecule has 2 heterocycles. The highest BCUT2D eigenvalue weighted by Crippen LogP contribution is 2.47. The van der Waals surface area contributed by atoms with Crippen LogP contribution in [0.25, 0.3) is 0 Å². The molecule has 2 aromatic rings. The van der Waals surface area contributed by atoms with Gasteiger partial charge in [0.25, 0.3) is 0 Å². The van der Waals surface area contributed by atoms with Gasteiger partial charge in [0, 0.05) is 16.1 Å². The average molecular weight is 431 g/mol. The second-order valence-corrected chi connectivity index (χ2v) is 7.48. The third-order valence-corrected chi connectivity index (χ3v) is 5.57. The van der Waals surface area contributed by atoms with E-state index in [1.807, 2.05) is 0 Å². The first-order chi connectivity index (χ1) is 12.9. The molecule has 2 saturated heterocycles. The number of carboxylic acid groups (broad SMARTS) is 1. The van der Waals surface area contributed by atoms with Crippen LogP contribution >= 0.6 is 15.9 Å². The number of aromatic hydroxyl groups is 1. The summed E-state index contributed by atoms with van der Waals surface area (Å²) in [5.74, 6) is -4.26. The SMILES string of the molecule is O=C(O)[C@@H]1N[C@H](c2cc(Br)ccc2O)[C@H]2C(=O)N(c3ccccc3)C(=O)[C@H]21. The van der Waals surface area contributed by atoms with E-state index in [0.717, 1.165) is 4.90 Å². The van der Waals surface area contributed by atoms with Gasteiger partial charge in [-0.05, 0) is 30.3 Å². The molecule has 7 nitrogen and oxygen atoms in total. The number of phenolic OH excluding ortho intramolecular Hbond substituents is 1. The number of fused-ring (bicyclic) bond motifs is 1. The number of carbonyl (C=O) groups is 3. The van der Waals surface area contributed by atoms with Crippen LogP contribution in [0.15, 0.2) is 53.0 Å². The Morgan fingerprint density at radius 2 is 1.70 bits per heavy atom. The number of nitrogens with one attached hydrogen (secondary N) is 1. The highest BCUT2D eigenvalue weighted by Gasteiger charge is 2.61. The summed E-state index contributed by atoms with van der Waals surface area (Å²) < 4.78 is 0.670. The normalized spacial score (nSPS) is 27.1. The largest absolute Gasteiger partial charge is 0.508 e. The monoisotopic (exact) mass is 430 g/mol. The predicted octanol–water partition coefficient (Wildman–Crippen LogP) is 2.06. The average Bonchev–Trinajstić information content (AvgIpc) is 3.15. The smallest absolute Gasteiger partial charge is 0.321 e. The molecule has 0 bridgehead atoms. The van der Waals surface area contributed by atoms with Crippen LogP contribution in [0.1, 0.15) is 11.6 Å². The topological polar surface area (TPSA) is 107 Å². The highest BCUT2D eigenvalue weighted by atomic mass is 79.9. The number of hydrogen-bond acceptors (Lipinski definition) is 5. The second-order valence-electron chi connectivity index (χ2n) is 6.56. The summed E-state index contributed by atoms with van der Waals surface area (Å²) in [5, 5.41) is 22.7. The van der Waals surface area contributed by atoms with Gasteiger partial charge in [0.05, 0.1) is 17.5 Å². The minimum atomic E-state index is -1.22. The van der Waals surface area contributed by atoms with Crippen LogP contribution in [0.4, 0.5) is 5.69 Å². The lowest BCUT2D eigenvalue weighted by Crippen LogP contribution is -2.43. The van der Waals surface area contributed by atoms with E-state index in [9.17, 15) is 24.6 Å². The Bertz CT molecular complexity index is 948. The Hall–Kier alpha value is -2.71. The molecule has 0 spiro atoms. The van der Waals surface area contributed by atoms with E-state index in [1.165, 1.54) is 6.07 Å². The number of hydrogen-bond donors (Lipinski definition) is 3. The fourth-order valence-corrected chi connectivity index (χ4v) is 4.31. The maximum absolute atomic E-state index is 13.1. The number of carboxylic acids is 1. The van der Waals surface area contributed by atoms with Crippen molar-refractivity contribution in [2.45, 2.75) is 12.1 Å². The lowest BCUT2D eigenvalue weighted by atomic mass is 9.86. The van der Waals surface area contributed by atoms with Gasteiger partial charge in [-0.2, -0.15) is 0 Å². The van der Waals surface area contributed by atoms with Crippen LogP contribution < -0.4 is 10.2 Å². The number of carbonyl (C=O) groups excluding carboxylic acids is 2. The maximum Gasteiger partial charge on any atom is 0.321 e. The number of aliphatic carboxylic acids is 1. The third kappa shape index (κ3) is 2.72. The zero-order valence-corrected chi connectivity index (χ0v) is 15.5. The van der Waals surface area contributed by atoms with Gasteiger partial charge in [0.15, 0.2) is 0 Å². The lowest BCUT2D eigenvalue weighted by molar-refractivity contribution is -0.142. The zero-order valence-electron chi connectivity index (χ0n) is 13.9. The lowest BCUT2D eigenvalue weighted by Gasteiger charge is -2.22. The van der Waals surface area contributed by atoms with Crippen molar-refractivity contribution in [2.75, 3.05) is 4.90 Å². The van der Waals surface area contributed by atoms with Crippen molar-refractivity contribution in [2.24, 2.45) is 11.8 Å². The van der Waals surface area contributed by atoms with Gasteiger partial charge in [0.2, 0.25) is 11.8 Å². The quantitative estimate of drug-likeness (QED) is 0.643. The number of imide groups is 1. The molecule has 8 heteroatoms. The van der Waals surface area contributed by atoms with E-state index in [-0.39, 0.29) is 5.75 Å². The fraction of sp³-hybridized carbons (Fsp3) is 0.211. The molecule has 2 aromatic carbocycles. The van der Waals surface area contributed by atoms with Gasteiger partial charge in [-0.3, -0.25) is 19.7 Å². The van der Waals surface area contributed by atoms with Crippen LogP contribution in [0.2, 0.25) is 0 Å². The number of nitrogens with zero attached hydrogens (tertiary/aromatic N) is 1. The van der Waals surface area contributed by atoms with E-state index in [1.54, 1.807) is 42.5 Å². The molecular formula is C19H15BrN2O5. The standard InChI is InChI=1S/C19H15BrN2O5/c20-9-6-7-12(23)11(8-9)15-13-14(16(21-15)19(26)27)18(25)22(17(13)24)10-4-2-1-3-5-10/h1-8,13-16,21,23H,(H,26,27)/t13-,14+,15+,16+/m0/s1. The maximum atomic E-state index is 13.1. The fourth-order valence-electron chi connectivity index (χ4n) is 3.93. The molecule has 2 aliphatic rings. The molecule has 0 aliphatic carbocycles. The summed E-state index contributed by atoms with van der Waals surface area (Å²) in [6, 6.07) is 11.1. The van der Waals surface area contributed by atoms with Gasteiger partial charge >= 0.3 is 5.97 Å². The van der Waals surface area contributed by atoms with Crippen molar-refractivity contribution >= 4 is 39.4 Å². The minimum absolute atomic E-state index is 0.0705. The summed E-state index contributed by atoms with van der Waals surface area (Å²) >= 11 is 3.32. The van der Waals surface area contributed by atoms with Gasteiger partial charge in [0.1, 0.15) is 11.8 Å². The first-order valence-electron chi connectivity index (χ1n) is 8.30. The van der Waals surface area contributed by atoms with Crippen LogP contribution in [0, 0.1) is 11.8 Å². The van der Waals surface area contributed by atoms with Crippen molar-refractivity contribution < 1.29 is 24.6 Å². The van der Waals surface area contributed by atoms with Crippen LogP contribution in [0.3, 0.4) is 0 Å². The van der Waals surface area contributed by atoms with E-state index in [2.05, 4.69) is 21.2 Å². The molecule has 138 valence electrons. The van der Waals surface area contributed by atoms with Gasteiger partial charge in [-0.1, -0.05) is 34.1 Å². The van der Waals surface area contributed by atoms with E-state index >= 15 is 0 Å². The summed E-state index contributed by atoms with van der Waals surface area (Å²) in [7, 11) is 0. The van der Waals surface area contributed by atoms with E-state index < -0.39 is 41.7 Å². The van der Waals surface area contributed by atoms with Crippen LogP contribution in [-0.2, 0) is 14.4 Å². The molecule has 2 fully saturated rings.